The first kappa shape index (κ1) is 21.2. The SMILES string of the molecule is CCCOC(=O)c1ccc(NC(=O)Cn2nnc3sc4c(c3c2=O)CCC(C)C4)cc1. The van der Waals surface area contributed by atoms with E-state index in [2.05, 4.69) is 22.6 Å². The van der Waals surface area contributed by atoms with Gasteiger partial charge in [0.15, 0.2) is 4.83 Å². The zero-order chi connectivity index (χ0) is 22.0. The van der Waals surface area contributed by atoms with E-state index in [0.29, 0.717) is 34.0 Å². The lowest BCUT2D eigenvalue weighted by molar-refractivity contribution is -0.117. The van der Waals surface area contributed by atoms with Crippen molar-refractivity contribution in [1.29, 1.82) is 0 Å². The molecule has 0 aliphatic heterocycles. The number of ether oxygens (including phenoxy) is 1. The molecule has 0 bridgehead atoms. The highest BCUT2D eigenvalue weighted by atomic mass is 32.1. The van der Waals surface area contributed by atoms with Gasteiger partial charge in [-0.3, -0.25) is 9.59 Å². The van der Waals surface area contributed by atoms with Crippen LogP contribution in [0, 0.1) is 5.92 Å². The van der Waals surface area contributed by atoms with Gasteiger partial charge in [0.25, 0.3) is 5.56 Å². The molecule has 0 radical (unpaired) electrons. The van der Waals surface area contributed by atoms with Crippen LogP contribution in [0.15, 0.2) is 29.1 Å². The molecule has 2 heterocycles. The zero-order valence-corrected chi connectivity index (χ0v) is 18.3. The highest BCUT2D eigenvalue weighted by Gasteiger charge is 2.24. The Morgan fingerprint density at radius 2 is 2.06 bits per heavy atom. The fourth-order valence-electron chi connectivity index (χ4n) is 3.70. The number of carbonyl (C=O) groups is 2. The van der Waals surface area contributed by atoms with Crippen molar-refractivity contribution in [2.24, 2.45) is 5.92 Å². The van der Waals surface area contributed by atoms with Gasteiger partial charge in [-0.15, -0.1) is 16.4 Å². The molecular weight excluding hydrogens is 416 g/mol. The molecule has 8 nitrogen and oxygen atoms in total. The minimum atomic E-state index is -0.400. The Labute approximate surface area is 183 Å². The normalized spacial score (nSPS) is 15.5. The Morgan fingerprint density at radius 1 is 1.29 bits per heavy atom. The first-order chi connectivity index (χ1) is 15.0. The smallest absolute Gasteiger partial charge is 0.338 e. The molecule has 1 aliphatic rings. The summed E-state index contributed by atoms with van der Waals surface area (Å²) in [6.45, 7) is 4.27. The predicted molar refractivity (Wildman–Crippen MR) is 119 cm³/mol. The van der Waals surface area contributed by atoms with Crippen LogP contribution in [0.25, 0.3) is 10.2 Å². The molecule has 1 aliphatic carbocycles. The summed E-state index contributed by atoms with van der Waals surface area (Å²) >= 11 is 1.53. The molecule has 1 aromatic carbocycles. The van der Waals surface area contributed by atoms with Gasteiger partial charge in [0.05, 0.1) is 17.6 Å². The molecule has 2 aromatic heterocycles. The molecule has 0 fully saturated rings. The first-order valence-corrected chi connectivity index (χ1v) is 11.2. The van der Waals surface area contributed by atoms with Gasteiger partial charge in [-0.2, -0.15) is 0 Å². The third-order valence-corrected chi connectivity index (χ3v) is 6.46. The Balaban J connectivity index is 1.47. The lowest BCUT2D eigenvalue weighted by Gasteiger charge is -2.17. The number of fused-ring (bicyclic) bond motifs is 3. The van der Waals surface area contributed by atoms with Gasteiger partial charge < -0.3 is 10.1 Å². The number of hydrogen-bond donors (Lipinski definition) is 1. The Hall–Kier alpha value is -3.07. The molecule has 1 N–H and O–H groups in total. The quantitative estimate of drug-likeness (QED) is 0.591. The number of amides is 1. The van der Waals surface area contributed by atoms with Crippen LogP contribution < -0.4 is 10.9 Å². The van der Waals surface area contributed by atoms with Crippen LogP contribution in [0.2, 0.25) is 0 Å². The molecule has 9 heteroatoms. The molecule has 162 valence electrons. The number of benzene rings is 1. The summed E-state index contributed by atoms with van der Waals surface area (Å²) in [6, 6.07) is 6.41. The van der Waals surface area contributed by atoms with E-state index in [1.165, 1.54) is 16.2 Å². The van der Waals surface area contributed by atoms with Gasteiger partial charge in [0, 0.05) is 10.6 Å². The number of carbonyl (C=O) groups excluding carboxylic acids is 2. The van der Waals surface area contributed by atoms with Crippen LogP contribution in [0.1, 0.15) is 47.5 Å². The van der Waals surface area contributed by atoms with Crippen molar-refractivity contribution in [1.82, 2.24) is 15.0 Å². The van der Waals surface area contributed by atoms with Crippen molar-refractivity contribution >= 4 is 39.1 Å². The third-order valence-electron chi connectivity index (χ3n) is 5.32. The first-order valence-electron chi connectivity index (χ1n) is 10.4. The van der Waals surface area contributed by atoms with Crippen molar-refractivity contribution in [3.63, 3.8) is 0 Å². The van der Waals surface area contributed by atoms with Crippen LogP contribution in [0.5, 0.6) is 0 Å². The van der Waals surface area contributed by atoms with Crippen molar-refractivity contribution in [2.75, 3.05) is 11.9 Å². The lowest BCUT2D eigenvalue weighted by atomic mass is 9.89. The van der Waals surface area contributed by atoms with Gasteiger partial charge in [-0.1, -0.05) is 19.1 Å². The topological polar surface area (TPSA) is 103 Å². The number of rotatable bonds is 6. The molecule has 1 unspecified atom stereocenters. The summed E-state index contributed by atoms with van der Waals surface area (Å²) in [5.41, 5.74) is 1.72. The summed E-state index contributed by atoms with van der Waals surface area (Å²) in [4.78, 5) is 39.2. The minimum Gasteiger partial charge on any atom is -0.462 e. The van der Waals surface area contributed by atoms with E-state index in [1.54, 1.807) is 24.3 Å². The zero-order valence-electron chi connectivity index (χ0n) is 17.5. The number of anilines is 1. The van der Waals surface area contributed by atoms with Gasteiger partial charge in [0.1, 0.15) is 6.54 Å². The van der Waals surface area contributed by atoms with Crippen molar-refractivity contribution < 1.29 is 14.3 Å². The molecule has 4 rings (SSSR count). The Morgan fingerprint density at radius 3 is 2.81 bits per heavy atom. The van der Waals surface area contributed by atoms with Gasteiger partial charge >= 0.3 is 5.97 Å². The fourth-order valence-corrected chi connectivity index (χ4v) is 5.02. The minimum absolute atomic E-state index is 0.233. The number of nitrogens with one attached hydrogen (secondary N) is 1. The maximum atomic E-state index is 13.0. The second-order valence-corrected chi connectivity index (χ2v) is 8.93. The van der Waals surface area contributed by atoms with E-state index in [4.69, 9.17) is 4.74 Å². The largest absolute Gasteiger partial charge is 0.462 e. The van der Waals surface area contributed by atoms with Crippen molar-refractivity contribution in [3.8, 4) is 0 Å². The number of nitrogens with zero attached hydrogens (tertiary/aromatic N) is 3. The molecule has 31 heavy (non-hydrogen) atoms. The van der Waals surface area contributed by atoms with Gasteiger partial charge in [-0.25, -0.2) is 9.48 Å². The highest BCUT2D eigenvalue weighted by molar-refractivity contribution is 7.18. The third kappa shape index (κ3) is 4.51. The number of aromatic nitrogens is 3. The van der Waals surface area contributed by atoms with Crippen LogP contribution >= 0.6 is 11.3 Å². The number of aryl methyl sites for hydroxylation is 1. The summed E-state index contributed by atoms with van der Waals surface area (Å²) in [7, 11) is 0. The molecule has 0 saturated carbocycles. The van der Waals surface area contributed by atoms with Crippen molar-refractivity contribution in [3.05, 3.63) is 50.6 Å². The van der Waals surface area contributed by atoms with Crippen molar-refractivity contribution in [2.45, 2.75) is 46.1 Å². The summed E-state index contributed by atoms with van der Waals surface area (Å²) in [5.74, 6) is -0.195. The Bertz CT molecular complexity index is 1180. The van der Waals surface area contributed by atoms with E-state index < -0.39 is 11.9 Å². The van der Waals surface area contributed by atoms with Crippen LogP contribution in [-0.4, -0.2) is 33.5 Å². The van der Waals surface area contributed by atoms with E-state index in [9.17, 15) is 14.4 Å². The summed E-state index contributed by atoms with van der Waals surface area (Å²) < 4.78 is 6.20. The summed E-state index contributed by atoms with van der Waals surface area (Å²) in [5, 5.41) is 11.5. The van der Waals surface area contributed by atoms with E-state index in [0.717, 1.165) is 35.9 Å². The fraction of sp³-hybridized carbons (Fsp3) is 0.409. The Kier molecular flexibility index (Phi) is 6.13. The molecule has 1 amide bonds. The standard InChI is InChI=1S/C22H24N4O4S/c1-3-10-30-22(29)14-5-7-15(8-6-14)23-18(27)12-26-21(28)19-16-9-4-13(2)11-17(16)31-20(19)24-25-26/h5-8,13H,3-4,9-12H2,1-2H3,(H,23,27). The lowest BCUT2D eigenvalue weighted by Crippen LogP contribution is -2.30. The van der Waals surface area contributed by atoms with E-state index in [-0.39, 0.29) is 12.1 Å². The number of esters is 1. The molecular formula is C22H24N4O4S. The van der Waals surface area contributed by atoms with Crippen LogP contribution in [0.3, 0.4) is 0 Å². The average molecular weight is 441 g/mol. The second kappa shape index (κ2) is 8.97. The van der Waals surface area contributed by atoms with Crippen LogP contribution in [0.4, 0.5) is 5.69 Å². The number of thiophene rings is 1. The maximum Gasteiger partial charge on any atom is 0.338 e. The number of hydrogen-bond acceptors (Lipinski definition) is 7. The van der Waals surface area contributed by atoms with Gasteiger partial charge in [-0.05, 0) is 61.4 Å². The molecule has 1 atom stereocenters. The predicted octanol–water partition coefficient (Wildman–Crippen LogP) is 3.18. The second-order valence-electron chi connectivity index (χ2n) is 7.85. The van der Waals surface area contributed by atoms with Gasteiger partial charge in [0.2, 0.25) is 5.91 Å². The monoisotopic (exact) mass is 440 g/mol. The van der Waals surface area contributed by atoms with E-state index in [1.807, 2.05) is 6.92 Å². The van der Waals surface area contributed by atoms with Crippen LogP contribution in [-0.2, 0) is 28.9 Å². The summed E-state index contributed by atoms with van der Waals surface area (Å²) in [6.07, 6.45) is 3.61. The maximum absolute atomic E-state index is 13.0. The van der Waals surface area contributed by atoms with E-state index >= 15 is 0 Å². The molecule has 3 aromatic rings. The molecule has 0 spiro atoms. The average Bonchev–Trinajstić information content (AvgIpc) is 3.12. The highest BCUT2D eigenvalue weighted by Crippen LogP contribution is 2.35. The molecule has 0 saturated heterocycles.